The Balaban J connectivity index is 1.73. The number of pyridine rings is 1. The van der Waals surface area contributed by atoms with Crippen LogP contribution in [0, 0.1) is 0 Å². The van der Waals surface area contributed by atoms with Crippen LogP contribution in [0.5, 0.6) is 0 Å². The zero-order valence-electron chi connectivity index (χ0n) is 15.8. The van der Waals surface area contributed by atoms with E-state index >= 15 is 0 Å². The molecule has 1 N–H and O–H groups in total. The van der Waals surface area contributed by atoms with Crippen LogP contribution in [0.1, 0.15) is 49.8 Å². The molecule has 0 spiro atoms. The molecule has 0 saturated carbocycles. The van der Waals surface area contributed by atoms with E-state index in [2.05, 4.69) is 60.4 Å². The first-order valence-electron chi connectivity index (χ1n) is 8.78. The fourth-order valence-electron chi connectivity index (χ4n) is 3.48. The molecular weight excluding hydrogens is 353 g/mol. The predicted molar refractivity (Wildman–Crippen MR) is 102 cm³/mol. The van der Waals surface area contributed by atoms with E-state index < -0.39 is 11.7 Å². The van der Waals surface area contributed by atoms with E-state index in [1.807, 2.05) is 6.07 Å². The topological polar surface area (TPSA) is 40.5 Å². The highest BCUT2D eigenvalue weighted by molar-refractivity contribution is 5.82. The smallest absolute Gasteiger partial charge is 0.369 e. The van der Waals surface area contributed by atoms with Crippen LogP contribution in [0.3, 0.4) is 0 Å². The van der Waals surface area contributed by atoms with Crippen LogP contribution in [0.15, 0.2) is 41.6 Å². The minimum absolute atomic E-state index is 0.109. The van der Waals surface area contributed by atoms with Crippen molar-refractivity contribution < 1.29 is 13.2 Å². The van der Waals surface area contributed by atoms with E-state index in [1.54, 1.807) is 6.21 Å². The summed E-state index contributed by atoms with van der Waals surface area (Å²) >= 11 is 0. The number of aromatic nitrogens is 1. The number of halogens is 3. The summed E-state index contributed by atoms with van der Waals surface area (Å²) in [4.78, 5) is 6.03. The van der Waals surface area contributed by atoms with Gasteiger partial charge in [-0.1, -0.05) is 13.0 Å². The zero-order chi connectivity index (χ0) is 19.8. The van der Waals surface area contributed by atoms with Crippen LogP contribution < -0.4 is 10.3 Å². The molecule has 3 rings (SSSR count). The van der Waals surface area contributed by atoms with Crippen molar-refractivity contribution in [2.75, 3.05) is 17.4 Å². The summed E-state index contributed by atoms with van der Waals surface area (Å²) in [6, 6.07) is 8.41. The molecule has 0 fully saturated rings. The number of alkyl halides is 3. The maximum atomic E-state index is 12.5. The van der Waals surface area contributed by atoms with Crippen LogP contribution in [-0.2, 0) is 6.18 Å². The van der Waals surface area contributed by atoms with Gasteiger partial charge in [0.15, 0.2) is 0 Å². The van der Waals surface area contributed by atoms with Gasteiger partial charge in [0, 0.05) is 24.5 Å². The summed E-state index contributed by atoms with van der Waals surface area (Å²) in [7, 11) is 2.11. The number of fused-ring (bicyclic) bond motifs is 1. The zero-order valence-corrected chi connectivity index (χ0v) is 15.8. The Morgan fingerprint density at radius 2 is 2.00 bits per heavy atom. The molecule has 27 heavy (non-hydrogen) atoms. The average Bonchev–Trinajstić information content (AvgIpc) is 2.59. The maximum Gasteiger partial charge on any atom is 0.417 e. The van der Waals surface area contributed by atoms with E-state index in [4.69, 9.17) is 0 Å². The monoisotopic (exact) mass is 376 g/mol. The van der Waals surface area contributed by atoms with Gasteiger partial charge in [-0.2, -0.15) is 18.3 Å². The van der Waals surface area contributed by atoms with Crippen molar-refractivity contribution in [2.45, 2.75) is 44.8 Å². The Kier molecular flexibility index (Phi) is 4.88. The minimum atomic E-state index is -4.39. The molecule has 144 valence electrons. The summed E-state index contributed by atoms with van der Waals surface area (Å²) in [5.74, 6) is 0.691. The van der Waals surface area contributed by atoms with Crippen molar-refractivity contribution in [3.05, 3.63) is 53.2 Å². The van der Waals surface area contributed by atoms with Gasteiger partial charge >= 0.3 is 6.18 Å². The highest BCUT2D eigenvalue weighted by Crippen LogP contribution is 2.42. The third-order valence-corrected chi connectivity index (χ3v) is 5.14. The van der Waals surface area contributed by atoms with Gasteiger partial charge < -0.3 is 4.90 Å². The Morgan fingerprint density at radius 1 is 1.26 bits per heavy atom. The molecule has 1 aliphatic rings. The van der Waals surface area contributed by atoms with Gasteiger partial charge in [-0.05, 0) is 61.6 Å². The van der Waals surface area contributed by atoms with Crippen molar-refractivity contribution in [3.8, 4) is 0 Å². The van der Waals surface area contributed by atoms with Gasteiger partial charge in [0.05, 0.1) is 11.8 Å². The predicted octanol–water partition coefficient (Wildman–Crippen LogP) is 5.27. The van der Waals surface area contributed by atoms with Crippen molar-refractivity contribution >= 4 is 17.7 Å². The number of benzene rings is 1. The summed E-state index contributed by atoms with van der Waals surface area (Å²) in [6.07, 6.45) is -0.900. The first kappa shape index (κ1) is 19.2. The van der Waals surface area contributed by atoms with Gasteiger partial charge in [0.2, 0.25) is 0 Å². The Labute approximate surface area is 157 Å². The Bertz CT molecular complexity index is 841. The van der Waals surface area contributed by atoms with Crippen LogP contribution in [0.4, 0.5) is 24.7 Å². The van der Waals surface area contributed by atoms with Crippen molar-refractivity contribution in [1.82, 2.24) is 4.98 Å². The molecule has 1 aromatic heterocycles. The van der Waals surface area contributed by atoms with Gasteiger partial charge in [-0.3, -0.25) is 5.43 Å². The van der Waals surface area contributed by atoms with E-state index in [1.165, 1.54) is 17.3 Å². The largest absolute Gasteiger partial charge is 0.417 e. The fraction of sp³-hybridized carbons (Fsp3) is 0.400. The minimum Gasteiger partial charge on any atom is -0.369 e. The molecule has 4 nitrogen and oxygen atoms in total. The lowest BCUT2D eigenvalue weighted by Crippen LogP contribution is -2.45. The highest BCUT2D eigenvalue weighted by Gasteiger charge is 2.34. The molecule has 7 heteroatoms. The lowest BCUT2D eigenvalue weighted by atomic mass is 9.80. The Hall–Kier alpha value is -2.57. The van der Waals surface area contributed by atoms with Crippen LogP contribution in [-0.4, -0.2) is 23.8 Å². The summed E-state index contributed by atoms with van der Waals surface area (Å²) < 4.78 is 37.6. The van der Waals surface area contributed by atoms with Crippen molar-refractivity contribution in [2.24, 2.45) is 5.10 Å². The molecule has 2 heterocycles. The fourth-order valence-corrected chi connectivity index (χ4v) is 3.48. The van der Waals surface area contributed by atoms with Gasteiger partial charge in [-0.15, -0.1) is 0 Å². The van der Waals surface area contributed by atoms with Crippen molar-refractivity contribution in [3.63, 3.8) is 0 Å². The molecular formula is C20H23F3N4. The van der Waals surface area contributed by atoms with E-state index in [-0.39, 0.29) is 11.4 Å². The normalized spacial score (nSPS) is 19.2. The SMILES string of the molecule is CC1CC(C)(C)N(C)c2ccc(/C=N/Nc3ccc(C(F)(F)F)cn3)cc21. The molecule has 0 saturated heterocycles. The van der Waals surface area contributed by atoms with E-state index in [0.717, 1.165) is 24.2 Å². The number of hydrogen-bond acceptors (Lipinski definition) is 4. The van der Waals surface area contributed by atoms with Gasteiger partial charge in [0.1, 0.15) is 5.82 Å². The molecule has 0 aliphatic carbocycles. The molecule has 0 radical (unpaired) electrons. The van der Waals surface area contributed by atoms with Gasteiger partial charge in [-0.25, -0.2) is 4.98 Å². The molecule has 1 atom stereocenters. The van der Waals surface area contributed by atoms with Crippen LogP contribution >= 0.6 is 0 Å². The number of hydrogen-bond donors (Lipinski definition) is 1. The second-order valence-corrected chi connectivity index (χ2v) is 7.59. The summed E-state index contributed by atoms with van der Waals surface area (Å²) in [5, 5.41) is 4.09. The molecule has 1 aromatic carbocycles. The lowest BCUT2D eigenvalue weighted by molar-refractivity contribution is -0.137. The summed E-state index contributed by atoms with van der Waals surface area (Å²) in [5.41, 5.74) is 5.40. The lowest BCUT2D eigenvalue weighted by Gasteiger charge is -2.45. The molecule has 0 bridgehead atoms. The standard InChI is InChI=1S/C20H23F3N4/c1-13-10-19(2,3)27(4)17-7-5-14(9-16(13)17)11-25-26-18-8-6-15(12-24-18)20(21,22)23/h5-9,11-13H,10H2,1-4H3,(H,24,26)/b25-11+. The highest BCUT2D eigenvalue weighted by atomic mass is 19.4. The second kappa shape index (κ2) is 6.87. The molecule has 2 aromatic rings. The second-order valence-electron chi connectivity index (χ2n) is 7.59. The van der Waals surface area contributed by atoms with Crippen LogP contribution in [0.2, 0.25) is 0 Å². The average molecular weight is 376 g/mol. The molecule has 1 unspecified atom stereocenters. The third kappa shape index (κ3) is 4.07. The quantitative estimate of drug-likeness (QED) is 0.586. The number of anilines is 2. The molecule has 1 aliphatic heterocycles. The Morgan fingerprint density at radius 3 is 2.63 bits per heavy atom. The molecule has 0 amide bonds. The van der Waals surface area contributed by atoms with E-state index in [9.17, 15) is 13.2 Å². The van der Waals surface area contributed by atoms with Crippen LogP contribution in [0.25, 0.3) is 0 Å². The number of nitrogens with one attached hydrogen (secondary N) is 1. The number of nitrogens with zero attached hydrogens (tertiary/aromatic N) is 3. The first-order valence-corrected chi connectivity index (χ1v) is 8.78. The number of hydrazone groups is 1. The van der Waals surface area contributed by atoms with Gasteiger partial charge in [0.25, 0.3) is 0 Å². The van der Waals surface area contributed by atoms with E-state index in [0.29, 0.717) is 5.92 Å². The summed E-state index contributed by atoms with van der Waals surface area (Å²) in [6.45, 7) is 6.70. The number of rotatable bonds is 3. The third-order valence-electron chi connectivity index (χ3n) is 5.14. The maximum absolute atomic E-state index is 12.5. The first-order chi connectivity index (χ1) is 12.6. The van der Waals surface area contributed by atoms with Crippen molar-refractivity contribution in [1.29, 1.82) is 0 Å².